The maximum Gasteiger partial charge on any atom is 0.331 e. The van der Waals surface area contributed by atoms with Crippen molar-refractivity contribution in [2.45, 2.75) is 43.0 Å². The molecule has 1 amide bonds. The SMILES string of the molecule is CCOC(=O)C1(NC(=O)c2cc(=O)[nH]c3ccc(S(=O)(=O)N4CCOCC4)cc23)CCCC1. The highest BCUT2D eigenvalue weighted by Gasteiger charge is 2.44. The fourth-order valence-corrected chi connectivity index (χ4v) is 5.86. The summed E-state index contributed by atoms with van der Waals surface area (Å²) in [4.78, 5) is 40.8. The third-order valence-electron chi connectivity index (χ3n) is 6.14. The van der Waals surface area contributed by atoms with Crippen LogP contribution in [0, 0.1) is 0 Å². The van der Waals surface area contributed by atoms with Crippen LogP contribution in [0.5, 0.6) is 0 Å². The van der Waals surface area contributed by atoms with E-state index in [1.54, 1.807) is 6.92 Å². The molecular formula is C22H27N3O7S. The van der Waals surface area contributed by atoms with Crippen molar-refractivity contribution < 1.29 is 27.5 Å². The van der Waals surface area contributed by atoms with Gasteiger partial charge in [-0.1, -0.05) is 12.8 Å². The number of amides is 1. The van der Waals surface area contributed by atoms with Crippen LogP contribution in [0.4, 0.5) is 0 Å². The summed E-state index contributed by atoms with van der Waals surface area (Å²) >= 11 is 0. The van der Waals surface area contributed by atoms with Crippen LogP contribution in [-0.4, -0.2) is 68.0 Å². The van der Waals surface area contributed by atoms with Crippen molar-refractivity contribution in [1.82, 2.24) is 14.6 Å². The van der Waals surface area contributed by atoms with E-state index in [-0.39, 0.29) is 35.5 Å². The van der Waals surface area contributed by atoms with Crippen molar-refractivity contribution >= 4 is 32.8 Å². The van der Waals surface area contributed by atoms with E-state index >= 15 is 0 Å². The number of carbonyl (C=O) groups is 2. The van der Waals surface area contributed by atoms with Crippen LogP contribution in [0.1, 0.15) is 43.0 Å². The summed E-state index contributed by atoms with van der Waals surface area (Å²) in [6.07, 6.45) is 2.40. The second kappa shape index (κ2) is 9.24. The van der Waals surface area contributed by atoms with Gasteiger partial charge in [-0.15, -0.1) is 0 Å². The first-order chi connectivity index (χ1) is 15.8. The number of morpholine rings is 1. The van der Waals surface area contributed by atoms with Gasteiger partial charge in [0, 0.05) is 30.1 Å². The molecule has 1 aliphatic heterocycles. The largest absolute Gasteiger partial charge is 0.464 e. The van der Waals surface area contributed by atoms with E-state index in [9.17, 15) is 22.8 Å². The minimum absolute atomic E-state index is 0.00310. The van der Waals surface area contributed by atoms with Crippen LogP contribution in [-0.2, 0) is 24.3 Å². The van der Waals surface area contributed by atoms with E-state index in [4.69, 9.17) is 9.47 Å². The Balaban J connectivity index is 1.74. The Bertz CT molecular complexity index is 1230. The van der Waals surface area contributed by atoms with Crippen LogP contribution in [0.3, 0.4) is 0 Å². The van der Waals surface area contributed by atoms with Crippen molar-refractivity contribution in [2.75, 3.05) is 32.9 Å². The van der Waals surface area contributed by atoms with Gasteiger partial charge < -0.3 is 19.8 Å². The first-order valence-corrected chi connectivity index (χ1v) is 12.5. The number of ether oxygens (including phenoxy) is 2. The van der Waals surface area contributed by atoms with Gasteiger partial charge in [-0.2, -0.15) is 4.31 Å². The fraction of sp³-hybridized carbons (Fsp3) is 0.500. The number of H-pyrrole nitrogens is 1. The molecule has 0 atom stereocenters. The van der Waals surface area contributed by atoms with Crippen molar-refractivity contribution in [2.24, 2.45) is 0 Å². The Morgan fingerprint density at radius 2 is 1.88 bits per heavy atom. The van der Waals surface area contributed by atoms with E-state index in [1.165, 1.54) is 22.5 Å². The minimum atomic E-state index is -3.81. The molecule has 0 spiro atoms. The molecule has 1 aliphatic carbocycles. The molecule has 2 aliphatic rings. The summed E-state index contributed by atoms with van der Waals surface area (Å²) in [5.41, 5.74) is -1.33. The molecule has 10 nitrogen and oxygen atoms in total. The number of pyridine rings is 1. The highest BCUT2D eigenvalue weighted by Crippen LogP contribution is 2.32. The summed E-state index contributed by atoms with van der Waals surface area (Å²) in [6.45, 7) is 2.98. The number of nitrogens with one attached hydrogen (secondary N) is 2. The van der Waals surface area contributed by atoms with Gasteiger partial charge in [0.05, 0.1) is 30.3 Å². The van der Waals surface area contributed by atoms with Gasteiger partial charge in [-0.05, 0) is 38.0 Å². The van der Waals surface area contributed by atoms with Crippen LogP contribution in [0.2, 0.25) is 0 Å². The average molecular weight is 478 g/mol. The quantitative estimate of drug-likeness (QED) is 0.596. The van der Waals surface area contributed by atoms with E-state index in [0.717, 1.165) is 18.9 Å². The lowest BCUT2D eigenvalue weighted by Crippen LogP contribution is -2.53. The number of fused-ring (bicyclic) bond motifs is 1. The first-order valence-electron chi connectivity index (χ1n) is 11.0. The zero-order chi connectivity index (χ0) is 23.6. The van der Waals surface area contributed by atoms with Gasteiger partial charge in [0.25, 0.3) is 5.91 Å². The standard InChI is InChI=1S/C22H27N3O7S/c1-2-32-21(28)22(7-3-4-8-22)24-20(27)17-14-19(26)23-18-6-5-15(13-16(17)18)33(29,30)25-9-11-31-12-10-25/h5-6,13-14H,2-4,7-12H2,1H3,(H,23,26)(H,24,27). The summed E-state index contributed by atoms with van der Waals surface area (Å²) < 4.78 is 38.0. The molecule has 33 heavy (non-hydrogen) atoms. The smallest absolute Gasteiger partial charge is 0.331 e. The number of sulfonamides is 1. The first kappa shape index (κ1) is 23.4. The fourth-order valence-electron chi connectivity index (χ4n) is 4.43. The highest BCUT2D eigenvalue weighted by molar-refractivity contribution is 7.89. The molecule has 0 unspecified atom stereocenters. The summed E-state index contributed by atoms with van der Waals surface area (Å²) in [6, 6.07) is 5.38. The molecule has 2 N–H and O–H groups in total. The summed E-state index contributed by atoms with van der Waals surface area (Å²) in [5, 5.41) is 3.07. The summed E-state index contributed by atoms with van der Waals surface area (Å²) in [7, 11) is -3.81. The lowest BCUT2D eigenvalue weighted by molar-refractivity contribution is -0.150. The van der Waals surface area contributed by atoms with Gasteiger partial charge in [0.1, 0.15) is 5.54 Å². The van der Waals surface area contributed by atoms with Crippen molar-refractivity contribution in [3.63, 3.8) is 0 Å². The summed E-state index contributed by atoms with van der Waals surface area (Å²) in [5.74, 6) is -1.12. The number of esters is 1. The second-order valence-corrected chi connectivity index (χ2v) is 10.2. The molecule has 1 aromatic heterocycles. The van der Waals surface area contributed by atoms with Crippen molar-refractivity contribution in [3.05, 3.63) is 40.2 Å². The van der Waals surface area contributed by atoms with Crippen LogP contribution in [0.25, 0.3) is 10.9 Å². The number of rotatable bonds is 6. The third-order valence-corrected chi connectivity index (χ3v) is 8.04. The molecule has 2 aromatic rings. The number of aromatic nitrogens is 1. The van der Waals surface area contributed by atoms with E-state index in [0.29, 0.717) is 31.6 Å². The number of nitrogens with zero attached hydrogens (tertiary/aromatic N) is 1. The van der Waals surface area contributed by atoms with E-state index in [2.05, 4.69) is 10.3 Å². The number of hydrogen-bond acceptors (Lipinski definition) is 7. The molecule has 1 saturated heterocycles. The molecule has 0 radical (unpaired) electrons. The molecule has 0 bridgehead atoms. The molecular weight excluding hydrogens is 450 g/mol. The Kier molecular flexibility index (Phi) is 6.55. The Labute approximate surface area is 191 Å². The van der Waals surface area contributed by atoms with Gasteiger partial charge >= 0.3 is 5.97 Å². The Morgan fingerprint density at radius 3 is 2.55 bits per heavy atom. The number of hydrogen-bond donors (Lipinski definition) is 2. The third kappa shape index (κ3) is 4.53. The van der Waals surface area contributed by atoms with Gasteiger partial charge in [-0.25, -0.2) is 13.2 Å². The lowest BCUT2D eigenvalue weighted by Gasteiger charge is -2.28. The Morgan fingerprint density at radius 1 is 1.18 bits per heavy atom. The maximum absolute atomic E-state index is 13.3. The Hall–Kier alpha value is -2.76. The van der Waals surface area contributed by atoms with E-state index in [1.807, 2.05) is 0 Å². The number of benzene rings is 1. The molecule has 11 heteroatoms. The predicted octanol–water partition coefficient (Wildman–Crippen LogP) is 1.15. The van der Waals surface area contributed by atoms with Gasteiger partial charge in [-0.3, -0.25) is 9.59 Å². The number of aromatic amines is 1. The van der Waals surface area contributed by atoms with Gasteiger partial charge in [0.15, 0.2) is 0 Å². The van der Waals surface area contributed by atoms with Crippen molar-refractivity contribution in [1.29, 1.82) is 0 Å². The molecule has 2 heterocycles. The predicted molar refractivity (Wildman–Crippen MR) is 119 cm³/mol. The molecule has 1 aromatic carbocycles. The molecule has 4 rings (SSSR count). The minimum Gasteiger partial charge on any atom is -0.464 e. The van der Waals surface area contributed by atoms with Crippen molar-refractivity contribution in [3.8, 4) is 0 Å². The monoisotopic (exact) mass is 477 g/mol. The molecule has 2 fully saturated rings. The molecule has 178 valence electrons. The topological polar surface area (TPSA) is 135 Å². The number of carbonyl (C=O) groups excluding carboxylic acids is 2. The van der Waals surface area contributed by atoms with Crippen LogP contribution in [0.15, 0.2) is 34.0 Å². The highest BCUT2D eigenvalue weighted by atomic mass is 32.2. The van der Waals surface area contributed by atoms with E-state index < -0.39 is 33.0 Å². The lowest BCUT2D eigenvalue weighted by atomic mass is 9.96. The molecule has 1 saturated carbocycles. The average Bonchev–Trinajstić information content (AvgIpc) is 3.28. The zero-order valence-electron chi connectivity index (χ0n) is 18.4. The van der Waals surface area contributed by atoms with Crippen LogP contribution < -0.4 is 10.9 Å². The van der Waals surface area contributed by atoms with Crippen LogP contribution >= 0.6 is 0 Å². The maximum atomic E-state index is 13.3. The zero-order valence-corrected chi connectivity index (χ0v) is 19.2. The second-order valence-electron chi connectivity index (χ2n) is 8.23. The normalized spacial score (nSPS) is 18.8. The van der Waals surface area contributed by atoms with Gasteiger partial charge in [0.2, 0.25) is 15.6 Å².